The summed E-state index contributed by atoms with van der Waals surface area (Å²) in [4.78, 5) is 12.3. The number of carbonyl (C=O) groups is 1. The number of carbonyl (C=O) groups excluding carboxylic acids is 1. The zero-order valence-electron chi connectivity index (χ0n) is 13.1. The van der Waals surface area contributed by atoms with Crippen LogP contribution in [0, 0.1) is 0 Å². The summed E-state index contributed by atoms with van der Waals surface area (Å²) in [6, 6.07) is 15.6. The molecule has 116 valence electrons. The normalized spacial score (nSPS) is 11.7. The maximum absolute atomic E-state index is 12.3. The molecule has 0 aliphatic carbocycles. The molecule has 0 saturated heterocycles. The van der Waals surface area contributed by atoms with Gasteiger partial charge < -0.3 is 16.4 Å². The molecule has 4 N–H and O–H groups in total. The average molecular weight is 297 g/mol. The Morgan fingerprint density at radius 2 is 1.91 bits per heavy atom. The van der Waals surface area contributed by atoms with Crippen LogP contribution in [0.4, 0.5) is 11.4 Å². The van der Waals surface area contributed by atoms with Crippen LogP contribution in [-0.2, 0) is 0 Å². The second kappa shape index (κ2) is 7.50. The van der Waals surface area contributed by atoms with Gasteiger partial charge in [-0.1, -0.05) is 37.3 Å². The van der Waals surface area contributed by atoms with Crippen LogP contribution in [0.15, 0.2) is 48.5 Å². The van der Waals surface area contributed by atoms with E-state index < -0.39 is 0 Å². The van der Waals surface area contributed by atoms with E-state index in [0.717, 1.165) is 12.1 Å². The molecule has 0 heterocycles. The van der Waals surface area contributed by atoms with E-state index in [1.165, 1.54) is 5.56 Å². The van der Waals surface area contributed by atoms with Gasteiger partial charge in [-0.25, -0.2) is 0 Å². The molecule has 2 aromatic carbocycles. The Labute approximate surface area is 131 Å². The van der Waals surface area contributed by atoms with Crippen molar-refractivity contribution in [3.05, 3.63) is 59.7 Å². The predicted octanol–water partition coefficient (Wildman–Crippen LogP) is 3.58. The number of benzene rings is 2. The summed E-state index contributed by atoms with van der Waals surface area (Å²) in [5.41, 5.74) is 8.95. The number of nitrogen functional groups attached to an aromatic ring is 1. The molecule has 0 aromatic heterocycles. The quantitative estimate of drug-likeness (QED) is 0.714. The molecular weight excluding hydrogens is 274 g/mol. The third kappa shape index (κ3) is 4.01. The maximum atomic E-state index is 12.3. The van der Waals surface area contributed by atoms with E-state index in [4.69, 9.17) is 5.73 Å². The summed E-state index contributed by atoms with van der Waals surface area (Å²) in [6.45, 7) is 4.75. The number of nitrogens with one attached hydrogen (secondary N) is 2. The monoisotopic (exact) mass is 297 g/mol. The first-order chi connectivity index (χ1) is 10.6. The number of amides is 1. The summed E-state index contributed by atoms with van der Waals surface area (Å²) in [5, 5.41) is 6.29. The minimum atomic E-state index is -0.100. The first kappa shape index (κ1) is 15.9. The molecular formula is C18H23N3O. The fourth-order valence-corrected chi connectivity index (χ4v) is 2.27. The van der Waals surface area contributed by atoms with Crippen LogP contribution in [-0.4, -0.2) is 12.5 Å². The Hall–Kier alpha value is -2.49. The van der Waals surface area contributed by atoms with Crippen molar-refractivity contribution in [2.45, 2.75) is 26.3 Å². The van der Waals surface area contributed by atoms with Gasteiger partial charge in [-0.3, -0.25) is 4.79 Å². The van der Waals surface area contributed by atoms with Gasteiger partial charge in [-0.2, -0.15) is 0 Å². The van der Waals surface area contributed by atoms with Gasteiger partial charge in [0.15, 0.2) is 0 Å². The highest BCUT2D eigenvalue weighted by atomic mass is 16.1. The molecule has 0 fully saturated rings. The fourth-order valence-electron chi connectivity index (χ4n) is 2.27. The number of hydrogen-bond donors (Lipinski definition) is 3. The summed E-state index contributed by atoms with van der Waals surface area (Å²) in [5.74, 6) is -0.100. The fraction of sp³-hybridized carbons (Fsp3) is 0.278. The van der Waals surface area contributed by atoms with Crippen LogP contribution in [0.3, 0.4) is 0 Å². The van der Waals surface area contributed by atoms with E-state index in [1.54, 1.807) is 12.1 Å². The van der Waals surface area contributed by atoms with E-state index in [9.17, 15) is 4.79 Å². The molecule has 0 spiro atoms. The molecule has 4 heteroatoms. The highest BCUT2D eigenvalue weighted by molar-refractivity contribution is 6.00. The van der Waals surface area contributed by atoms with Crippen LogP contribution in [0.1, 0.15) is 42.2 Å². The Kier molecular flexibility index (Phi) is 5.42. The molecule has 1 atom stereocenters. The molecule has 0 radical (unpaired) electrons. The topological polar surface area (TPSA) is 67.2 Å². The lowest BCUT2D eigenvalue weighted by Gasteiger charge is -2.18. The first-order valence-electron chi connectivity index (χ1n) is 7.61. The first-order valence-corrected chi connectivity index (χ1v) is 7.61. The third-order valence-electron chi connectivity index (χ3n) is 3.50. The van der Waals surface area contributed by atoms with Crippen molar-refractivity contribution in [3.8, 4) is 0 Å². The van der Waals surface area contributed by atoms with E-state index >= 15 is 0 Å². The van der Waals surface area contributed by atoms with Crippen LogP contribution < -0.4 is 16.4 Å². The molecule has 2 rings (SSSR count). The Balaban J connectivity index is 2.21. The van der Waals surface area contributed by atoms with Crippen molar-refractivity contribution in [2.24, 2.45) is 0 Å². The van der Waals surface area contributed by atoms with E-state index in [2.05, 4.69) is 29.7 Å². The second-order valence-electron chi connectivity index (χ2n) is 5.34. The lowest BCUT2D eigenvalue weighted by atomic mass is 10.1. The SMILES string of the molecule is CCCNC(=O)c1cc(N)ccc1N[C@@H](C)c1ccccc1. The molecule has 0 bridgehead atoms. The summed E-state index contributed by atoms with van der Waals surface area (Å²) in [6.07, 6.45) is 0.900. The largest absolute Gasteiger partial charge is 0.399 e. The van der Waals surface area contributed by atoms with Crippen LogP contribution in [0.2, 0.25) is 0 Å². The lowest BCUT2D eigenvalue weighted by Crippen LogP contribution is -2.25. The van der Waals surface area contributed by atoms with Gasteiger partial charge in [0.25, 0.3) is 5.91 Å². The minimum absolute atomic E-state index is 0.0996. The van der Waals surface area contributed by atoms with E-state index in [-0.39, 0.29) is 11.9 Å². The van der Waals surface area contributed by atoms with Crippen LogP contribution >= 0.6 is 0 Å². The van der Waals surface area contributed by atoms with Crippen molar-refractivity contribution >= 4 is 17.3 Å². The highest BCUT2D eigenvalue weighted by Gasteiger charge is 2.14. The molecule has 0 unspecified atom stereocenters. The molecule has 1 amide bonds. The Morgan fingerprint density at radius 1 is 1.18 bits per heavy atom. The van der Waals surface area contributed by atoms with Gasteiger partial charge in [0.2, 0.25) is 0 Å². The second-order valence-corrected chi connectivity index (χ2v) is 5.34. The van der Waals surface area contributed by atoms with Gasteiger partial charge in [0.05, 0.1) is 5.56 Å². The zero-order chi connectivity index (χ0) is 15.9. The van der Waals surface area contributed by atoms with Crippen molar-refractivity contribution in [1.29, 1.82) is 0 Å². The maximum Gasteiger partial charge on any atom is 0.253 e. The number of nitrogens with two attached hydrogens (primary N) is 1. The summed E-state index contributed by atoms with van der Waals surface area (Å²) < 4.78 is 0. The lowest BCUT2D eigenvalue weighted by molar-refractivity contribution is 0.0954. The van der Waals surface area contributed by atoms with Crippen LogP contribution in [0.5, 0.6) is 0 Å². The van der Waals surface area contributed by atoms with Gasteiger partial charge >= 0.3 is 0 Å². The van der Waals surface area contributed by atoms with Crippen molar-refractivity contribution in [1.82, 2.24) is 5.32 Å². The molecule has 2 aromatic rings. The molecule has 0 saturated carbocycles. The molecule has 4 nitrogen and oxygen atoms in total. The average Bonchev–Trinajstić information content (AvgIpc) is 2.55. The van der Waals surface area contributed by atoms with Gasteiger partial charge in [0.1, 0.15) is 0 Å². The highest BCUT2D eigenvalue weighted by Crippen LogP contribution is 2.24. The summed E-state index contributed by atoms with van der Waals surface area (Å²) in [7, 11) is 0. The predicted molar refractivity (Wildman–Crippen MR) is 92.0 cm³/mol. The Morgan fingerprint density at radius 3 is 2.59 bits per heavy atom. The van der Waals surface area contributed by atoms with Crippen molar-refractivity contribution in [3.63, 3.8) is 0 Å². The van der Waals surface area contributed by atoms with E-state index in [0.29, 0.717) is 17.8 Å². The smallest absolute Gasteiger partial charge is 0.253 e. The number of hydrogen-bond acceptors (Lipinski definition) is 3. The number of anilines is 2. The van der Waals surface area contributed by atoms with Gasteiger partial charge in [-0.15, -0.1) is 0 Å². The van der Waals surface area contributed by atoms with E-state index in [1.807, 2.05) is 31.2 Å². The zero-order valence-corrected chi connectivity index (χ0v) is 13.1. The summed E-state index contributed by atoms with van der Waals surface area (Å²) >= 11 is 0. The minimum Gasteiger partial charge on any atom is -0.399 e. The standard InChI is InChI=1S/C18H23N3O/c1-3-11-20-18(22)16-12-15(19)9-10-17(16)21-13(2)14-7-5-4-6-8-14/h4-10,12-13,21H,3,11,19H2,1-2H3,(H,20,22)/t13-/m0/s1. The third-order valence-corrected chi connectivity index (χ3v) is 3.50. The van der Waals surface area contributed by atoms with Crippen molar-refractivity contribution in [2.75, 3.05) is 17.6 Å². The molecule has 0 aliphatic rings. The van der Waals surface area contributed by atoms with Gasteiger partial charge in [0, 0.05) is 24.0 Å². The molecule has 22 heavy (non-hydrogen) atoms. The number of rotatable bonds is 6. The van der Waals surface area contributed by atoms with Crippen molar-refractivity contribution < 1.29 is 4.79 Å². The van der Waals surface area contributed by atoms with Gasteiger partial charge in [-0.05, 0) is 37.1 Å². The molecule has 0 aliphatic heterocycles. The Bertz CT molecular complexity index is 625. The van der Waals surface area contributed by atoms with Crippen LogP contribution in [0.25, 0.3) is 0 Å².